The van der Waals surface area contributed by atoms with Gasteiger partial charge in [0.1, 0.15) is 5.82 Å². The van der Waals surface area contributed by atoms with Crippen LogP contribution in [0.1, 0.15) is 17.2 Å². The molecule has 1 nitrogen and oxygen atoms in total. The Morgan fingerprint density at radius 3 is 2.24 bits per heavy atom. The highest BCUT2D eigenvalue weighted by molar-refractivity contribution is 6.31. The van der Waals surface area contributed by atoms with Crippen LogP contribution in [0.25, 0.3) is 0 Å². The lowest BCUT2D eigenvalue weighted by atomic mass is 9.98. The minimum absolute atomic E-state index is 0.206. The van der Waals surface area contributed by atoms with Crippen LogP contribution in [0.15, 0.2) is 30.3 Å². The van der Waals surface area contributed by atoms with Gasteiger partial charge in [0, 0.05) is 11.1 Å². The highest BCUT2D eigenvalue weighted by atomic mass is 35.5. The maximum atomic E-state index is 13.3. The van der Waals surface area contributed by atoms with Gasteiger partial charge in [0.15, 0.2) is 17.5 Å². The second kappa shape index (κ2) is 6.45. The fourth-order valence-corrected chi connectivity index (χ4v) is 2.28. The molecule has 2 rings (SSSR count). The molecule has 0 aromatic heterocycles. The number of likely N-dealkylation sites (N-methyl/N-ethyl adjacent to an activating group) is 1. The van der Waals surface area contributed by atoms with E-state index in [1.165, 1.54) is 18.2 Å². The summed E-state index contributed by atoms with van der Waals surface area (Å²) in [6.07, 6.45) is 0.206. The van der Waals surface area contributed by atoms with Crippen molar-refractivity contribution >= 4 is 11.6 Å². The molecule has 2 aromatic carbocycles. The molecule has 2 aromatic rings. The molecule has 0 aliphatic carbocycles. The molecule has 0 aliphatic heterocycles. The Kier molecular flexibility index (Phi) is 4.85. The fraction of sp³-hybridized carbons (Fsp3) is 0.200. The summed E-state index contributed by atoms with van der Waals surface area (Å²) in [5.41, 5.74) is 0.704. The minimum atomic E-state index is -1.52. The lowest BCUT2D eigenvalue weighted by molar-refractivity contribution is 0.441. The first kappa shape index (κ1) is 15.8. The molecule has 0 saturated carbocycles. The molecule has 21 heavy (non-hydrogen) atoms. The third-order valence-electron chi connectivity index (χ3n) is 3.19. The first-order valence-electron chi connectivity index (χ1n) is 6.18. The predicted octanol–water partition coefficient (Wildman–Crippen LogP) is 4.40. The molecule has 6 heteroatoms. The molecule has 0 heterocycles. The smallest absolute Gasteiger partial charge is 0.194 e. The van der Waals surface area contributed by atoms with Crippen molar-refractivity contribution in [1.82, 2.24) is 5.32 Å². The normalized spacial score (nSPS) is 12.5. The average Bonchev–Trinajstić information content (AvgIpc) is 2.45. The predicted molar refractivity (Wildman–Crippen MR) is 73.2 cm³/mol. The van der Waals surface area contributed by atoms with E-state index in [1.54, 1.807) is 7.05 Å². The summed E-state index contributed by atoms with van der Waals surface area (Å²) < 4.78 is 52.8. The van der Waals surface area contributed by atoms with Crippen molar-refractivity contribution in [2.24, 2.45) is 0 Å². The van der Waals surface area contributed by atoms with Gasteiger partial charge < -0.3 is 5.32 Å². The summed E-state index contributed by atoms with van der Waals surface area (Å²) in [6, 6.07) is 5.17. The lowest BCUT2D eigenvalue weighted by Gasteiger charge is -2.18. The van der Waals surface area contributed by atoms with E-state index in [9.17, 15) is 17.6 Å². The summed E-state index contributed by atoms with van der Waals surface area (Å²) in [6.45, 7) is 0. The van der Waals surface area contributed by atoms with Gasteiger partial charge in [0.2, 0.25) is 0 Å². The van der Waals surface area contributed by atoms with E-state index in [0.717, 1.165) is 12.1 Å². The van der Waals surface area contributed by atoms with Crippen molar-refractivity contribution in [3.8, 4) is 0 Å². The Bertz CT molecular complexity index is 637. The van der Waals surface area contributed by atoms with E-state index in [2.05, 4.69) is 5.32 Å². The maximum absolute atomic E-state index is 13.3. The van der Waals surface area contributed by atoms with Crippen LogP contribution in [0, 0.1) is 23.3 Å². The zero-order valence-electron chi connectivity index (χ0n) is 11.1. The Balaban J connectivity index is 2.34. The van der Waals surface area contributed by atoms with Crippen LogP contribution >= 0.6 is 11.6 Å². The largest absolute Gasteiger partial charge is 0.313 e. The summed E-state index contributed by atoms with van der Waals surface area (Å²) in [4.78, 5) is 0. The molecule has 0 amide bonds. The van der Waals surface area contributed by atoms with Crippen molar-refractivity contribution in [1.29, 1.82) is 0 Å². The van der Waals surface area contributed by atoms with Crippen molar-refractivity contribution in [3.63, 3.8) is 0 Å². The summed E-state index contributed by atoms with van der Waals surface area (Å²) in [5, 5.41) is 3.20. The number of hydrogen-bond acceptors (Lipinski definition) is 1. The van der Waals surface area contributed by atoms with Gasteiger partial charge in [-0.2, -0.15) is 0 Å². The topological polar surface area (TPSA) is 12.0 Å². The highest BCUT2D eigenvalue weighted by Crippen LogP contribution is 2.26. The van der Waals surface area contributed by atoms with Gasteiger partial charge >= 0.3 is 0 Å². The van der Waals surface area contributed by atoms with Gasteiger partial charge in [0.25, 0.3) is 0 Å². The fourth-order valence-electron chi connectivity index (χ4n) is 2.08. The average molecular weight is 318 g/mol. The number of nitrogens with one attached hydrogen (secondary N) is 1. The van der Waals surface area contributed by atoms with Crippen LogP contribution in [0.4, 0.5) is 17.6 Å². The molecule has 1 unspecified atom stereocenters. The van der Waals surface area contributed by atoms with Crippen LogP contribution in [0.5, 0.6) is 0 Å². The molecule has 0 spiro atoms. The molecule has 1 N–H and O–H groups in total. The van der Waals surface area contributed by atoms with Gasteiger partial charge in [-0.1, -0.05) is 11.6 Å². The van der Waals surface area contributed by atoms with E-state index in [0.29, 0.717) is 10.6 Å². The number of rotatable bonds is 4. The standard InChI is InChI=1S/C15H12ClF4N/c1-21-14(7-8-4-10(17)2-3-11(8)16)9-5-12(18)15(20)13(19)6-9/h2-6,14,21H,7H2,1H3. The number of benzene rings is 2. The highest BCUT2D eigenvalue weighted by Gasteiger charge is 2.18. The van der Waals surface area contributed by atoms with Crippen molar-refractivity contribution in [3.05, 3.63) is 69.8 Å². The third-order valence-corrected chi connectivity index (χ3v) is 3.56. The second-order valence-electron chi connectivity index (χ2n) is 4.58. The molecule has 0 radical (unpaired) electrons. The van der Waals surface area contributed by atoms with Crippen LogP contribution in [0.2, 0.25) is 5.02 Å². The SMILES string of the molecule is CNC(Cc1cc(F)ccc1Cl)c1cc(F)c(F)c(F)c1. The van der Waals surface area contributed by atoms with E-state index in [1.807, 2.05) is 0 Å². The van der Waals surface area contributed by atoms with Gasteiger partial charge in [0.05, 0.1) is 0 Å². The Labute approximate surface area is 124 Å². The molecule has 0 bridgehead atoms. The minimum Gasteiger partial charge on any atom is -0.313 e. The maximum Gasteiger partial charge on any atom is 0.194 e. The molecule has 0 saturated heterocycles. The van der Waals surface area contributed by atoms with E-state index >= 15 is 0 Å². The molecule has 0 aliphatic rings. The van der Waals surface area contributed by atoms with Crippen molar-refractivity contribution in [2.75, 3.05) is 7.05 Å². The van der Waals surface area contributed by atoms with E-state index in [4.69, 9.17) is 11.6 Å². The Morgan fingerprint density at radius 2 is 1.67 bits per heavy atom. The summed E-state index contributed by atoms with van der Waals surface area (Å²) >= 11 is 5.97. The van der Waals surface area contributed by atoms with Crippen molar-refractivity contribution in [2.45, 2.75) is 12.5 Å². The molecule has 1 atom stereocenters. The van der Waals surface area contributed by atoms with Crippen LogP contribution in [-0.4, -0.2) is 7.05 Å². The summed E-state index contributed by atoms with van der Waals surface area (Å²) in [5.74, 6) is -4.51. The van der Waals surface area contributed by atoms with E-state index < -0.39 is 29.3 Å². The zero-order chi connectivity index (χ0) is 15.6. The molecule has 112 valence electrons. The Hall–Kier alpha value is -1.59. The van der Waals surface area contributed by atoms with Gasteiger partial charge in [-0.15, -0.1) is 0 Å². The van der Waals surface area contributed by atoms with Crippen LogP contribution in [0.3, 0.4) is 0 Å². The molecule has 0 fully saturated rings. The summed E-state index contributed by atoms with van der Waals surface area (Å²) in [7, 11) is 1.58. The van der Waals surface area contributed by atoms with Gasteiger partial charge in [-0.05, 0) is 54.9 Å². The zero-order valence-corrected chi connectivity index (χ0v) is 11.8. The number of halogens is 5. The second-order valence-corrected chi connectivity index (χ2v) is 4.99. The first-order chi connectivity index (χ1) is 9.92. The lowest BCUT2D eigenvalue weighted by Crippen LogP contribution is -2.20. The Morgan fingerprint density at radius 1 is 1.05 bits per heavy atom. The number of hydrogen-bond donors (Lipinski definition) is 1. The van der Waals surface area contributed by atoms with Crippen molar-refractivity contribution < 1.29 is 17.6 Å². The third kappa shape index (κ3) is 3.54. The monoisotopic (exact) mass is 317 g/mol. The quantitative estimate of drug-likeness (QED) is 0.651. The van der Waals surface area contributed by atoms with Crippen LogP contribution in [-0.2, 0) is 6.42 Å². The van der Waals surface area contributed by atoms with Gasteiger partial charge in [-0.25, -0.2) is 17.6 Å². The molecular weight excluding hydrogens is 306 g/mol. The van der Waals surface area contributed by atoms with E-state index in [-0.39, 0.29) is 12.0 Å². The van der Waals surface area contributed by atoms with Crippen LogP contribution < -0.4 is 5.32 Å². The van der Waals surface area contributed by atoms with Gasteiger partial charge in [-0.3, -0.25) is 0 Å². The first-order valence-corrected chi connectivity index (χ1v) is 6.55. The molecular formula is C15H12ClF4N.